The lowest BCUT2D eigenvalue weighted by Crippen LogP contribution is -2.41. The zero-order valence-electron chi connectivity index (χ0n) is 11.5. The summed E-state index contributed by atoms with van der Waals surface area (Å²) in [5.74, 6) is 2.21. The summed E-state index contributed by atoms with van der Waals surface area (Å²) in [5.41, 5.74) is 7.51. The fraction of sp³-hybridized carbons (Fsp3) is 0.625. The monoisotopic (exact) mass is 260 g/mol. The first-order valence-electron chi connectivity index (χ1n) is 7.52. The summed E-state index contributed by atoms with van der Waals surface area (Å²) in [6, 6.07) is 5.37. The summed E-state index contributed by atoms with van der Waals surface area (Å²) in [5, 5.41) is 9.92. The minimum atomic E-state index is 0.375. The molecule has 1 aliphatic heterocycles. The van der Waals surface area contributed by atoms with Crippen LogP contribution in [0.4, 0.5) is 5.69 Å². The highest BCUT2D eigenvalue weighted by molar-refractivity contribution is 5.47. The van der Waals surface area contributed by atoms with Gasteiger partial charge in [0.2, 0.25) is 0 Å². The molecule has 2 atom stereocenters. The Bertz CT molecular complexity index is 446. The predicted molar refractivity (Wildman–Crippen MR) is 77.9 cm³/mol. The van der Waals surface area contributed by atoms with Crippen LogP contribution in [0, 0.1) is 11.8 Å². The van der Waals surface area contributed by atoms with E-state index in [0.29, 0.717) is 5.75 Å². The van der Waals surface area contributed by atoms with Crippen LogP contribution >= 0.6 is 0 Å². The number of hydrogen-bond acceptors (Lipinski definition) is 3. The summed E-state index contributed by atoms with van der Waals surface area (Å²) in [4.78, 5) is 2.49. The zero-order chi connectivity index (χ0) is 13.2. The third-order valence-electron chi connectivity index (χ3n) is 4.87. The third kappa shape index (κ3) is 2.86. The molecule has 3 N–H and O–H groups in total. The molecule has 0 radical (unpaired) electrons. The second kappa shape index (κ2) is 5.41. The largest absolute Gasteiger partial charge is 0.508 e. The highest BCUT2D eigenvalue weighted by atomic mass is 16.3. The highest BCUT2D eigenvalue weighted by Gasteiger charge is 2.31. The van der Waals surface area contributed by atoms with Crippen molar-refractivity contribution in [2.24, 2.45) is 11.8 Å². The van der Waals surface area contributed by atoms with Crippen LogP contribution in [0.2, 0.25) is 0 Å². The van der Waals surface area contributed by atoms with Crippen LogP contribution in [0.25, 0.3) is 0 Å². The van der Waals surface area contributed by atoms with Gasteiger partial charge in [-0.05, 0) is 49.4 Å². The fourth-order valence-electron chi connectivity index (χ4n) is 3.79. The van der Waals surface area contributed by atoms with Gasteiger partial charge in [-0.3, -0.25) is 4.90 Å². The minimum absolute atomic E-state index is 0.375. The van der Waals surface area contributed by atoms with Crippen LogP contribution in [0.3, 0.4) is 0 Å². The van der Waals surface area contributed by atoms with Crippen molar-refractivity contribution in [1.82, 2.24) is 4.90 Å². The Labute approximate surface area is 115 Å². The van der Waals surface area contributed by atoms with E-state index in [1.165, 1.54) is 38.6 Å². The number of nitrogens with zero attached hydrogens (tertiary/aromatic N) is 1. The Morgan fingerprint density at radius 2 is 1.95 bits per heavy atom. The fourth-order valence-corrected chi connectivity index (χ4v) is 3.79. The Balaban J connectivity index is 1.65. The first-order chi connectivity index (χ1) is 9.22. The van der Waals surface area contributed by atoms with E-state index < -0.39 is 0 Å². The van der Waals surface area contributed by atoms with Crippen molar-refractivity contribution in [3.05, 3.63) is 23.8 Å². The van der Waals surface area contributed by atoms with Gasteiger partial charge >= 0.3 is 0 Å². The summed E-state index contributed by atoms with van der Waals surface area (Å²) in [6.07, 6.45) is 6.98. The van der Waals surface area contributed by atoms with Gasteiger partial charge in [0.1, 0.15) is 5.75 Å². The number of phenols is 1. The molecule has 1 aliphatic carbocycles. The molecule has 2 unspecified atom stereocenters. The number of phenolic OH excluding ortho intramolecular Hbond substituents is 1. The Hall–Kier alpha value is -1.22. The van der Waals surface area contributed by atoms with Crippen LogP contribution in [-0.4, -0.2) is 23.1 Å². The summed E-state index contributed by atoms with van der Waals surface area (Å²) in [6.45, 7) is 3.19. The molecule has 1 aromatic rings. The smallest absolute Gasteiger partial charge is 0.120 e. The van der Waals surface area contributed by atoms with Crippen molar-refractivity contribution >= 4 is 5.69 Å². The van der Waals surface area contributed by atoms with E-state index in [-0.39, 0.29) is 0 Å². The number of rotatable bonds is 2. The molecule has 0 spiro atoms. The van der Waals surface area contributed by atoms with Crippen molar-refractivity contribution in [3.8, 4) is 5.75 Å². The number of anilines is 1. The Morgan fingerprint density at radius 3 is 2.79 bits per heavy atom. The molecule has 0 aromatic heterocycles. The van der Waals surface area contributed by atoms with Gasteiger partial charge in [-0.15, -0.1) is 0 Å². The zero-order valence-corrected chi connectivity index (χ0v) is 11.5. The summed E-state index contributed by atoms with van der Waals surface area (Å²) >= 11 is 0. The molecule has 0 bridgehead atoms. The number of aromatic hydroxyl groups is 1. The molecule has 3 rings (SSSR count). The maximum atomic E-state index is 9.92. The van der Waals surface area contributed by atoms with E-state index in [1.807, 2.05) is 6.07 Å². The molecule has 19 heavy (non-hydrogen) atoms. The SMILES string of the molecule is Nc1ccc(O)c(CN2CCC3CCCCC3C2)c1. The third-order valence-corrected chi connectivity index (χ3v) is 4.87. The van der Waals surface area contributed by atoms with Gasteiger partial charge in [0.15, 0.2) is 0 Å². The maximum absolute atomic E-state index is 9.92. The van der Waals surface area contributed by atoms with Crippen LogP contribution < -0.4 is 5.73 Å². The molecule has 3 nitrogen and oxygen atoms in total. The van der Waals surface area contributed by atoms with E-state index in [9.17, 15) is 5.11 Å². The van der Waals surface area contributed by atoms with Gasteiger partial charge in [0.25, 0.3) is 0 Å². The molecule has 2 fully saturated rings. The highest BCUT2D eigenvalue weighted by Crippen LogP contribution is 2.36. The average molecular weight is 260 g/mol. The van der Waals surface area contributed by atoms with Crippen LogP contribution in [-0.2, 0) is 6.54 Å². The van der Waals surface area contributed by atoms with Crippen molar-refractivity contribution < 1.29 is 5.11 Å². The number of piperidine rings is 1. The van der Waals surface area contributed by atoms with E-state index in [1.54, 1.807) is 12.1 Å². The molecule has 1 aromatic carbocycles. The normalized spacial score (nSPS) is 28.0. The number of benzene rings is 1. The van der Waals surface area contributed by atoms with Gasteiger partial charge in [0, 0.05) is 24.3 Å². The lowest BCUT2D eigenvalue weighted by Gasteiger charge is -2.41. The summed E-state index contributed by atoms with van der Waals surface area (Å²) in [7, 11) is 0. The first kappa shape index (κ1) is 12.8. The number of nitrogens with two attached hydrogens (primary N) is 1. The molecule has 2 aliphatic rings. The van der Waals surface area contributed by atoms with E-state index in [2.05, 4.69) is 4.90 Å². The van der Waals surface area contributed by atoms with Gasteiger partial charge < -0.3 is 10.8 Å². The maximum Gasteiger partial charge on any atom is 0.120 e. The van der Waals surface area contributed by atoms with Crippen molar-refractivity contribution in [1.29, 1.82) is 0 Å². The Kier molecular flexibility index (Phi) is 3.65. The quantitative estimate of drug-likeness (QED) is 0.635. The van der Waals surface area contributed by atoms with Gasteiger partial charge in [-0.2, -0.15) is 0 Å². The number of hydrogen-bond donors (Lipinski definition) is 2. The minimum Gasteiger partial charge on any atom is -0.508 e. The van der Waals surface area contributed by atoms with Crippen molar-refractivity contribution in [2.45, 2.75) is 38.6 Å². The second-order valence-corrected chi connectivity index (χ2v) is 6.22. The van der Waals surface area contributed by atoms with Crippen LogP contribution in [0.1, 0.15) is 37.7 Å². The average Bonchev–Trinajstić information content (AvgIpc) is 2.43. The molecular formula is C16H24N2O. The van der Waals surface area contributed by atoms with Crippen LogP contribution in [0.5, 0.6) is 5.75 Å². The lowest BCUT2D eigenvalue weighted by molar-refractivity contribution is 0.0815. The molecule has 104 valence electrons. The first-order valence-corrected chi connectivity index (χ1v) is 7.52. The predicted octanol–water partition coefficient (Wildman–Crippen LogP) is 2.99. The van der Waals surface area contributed by atoms with E-state index in [0.717, 1.165) is 36.2 Å². The summed E-state index contributed by atoms with van der Waals surface area (Å²) < 4.78 is 0. The molecule has 0 amide bonds. The standard InChI is InChI=1S/C16H24N2O/c17-15-5-6-16(19)14(9-15)11-18-8-7-12-3-1-2-4-13(12)10-18/h5-6,9,12-13,19H,1-4,7-8,10-11,17H2. The Morgan fingerprint density at radius 1 is 1.16 bits per heavy atom. The van der Waals surface area contributed by atoms with E-state index in [4.69, 9.17) is 5.73 Å². The number of nitrogen functional groups attached to an aromatic ring is 1. The second-order valence-electron chi connectivity index (χ2n) is 6.22. The topological polar surface area (TPSA) is 49.5 Å². The molecule has 1 heterocycles. The van der Waals surface area contributed by atoms with Gasteiger partial charge in [0.05, 0.1) is 0 Å². The van der Waals surface area contributed by atoms with Crippen molar-refractivity contribution in [3.63, 3.8) is 0 Å². The molecule has 1 saturated carbocycles. The van der Waals surface area contributed by atoms with Crippen molar-refractivity contribution in [2.75, 3.05) is 18.8 Å². The molecule has 3 heteroatoms. The number of fused-ring (bicyclic) bond motifs is 1. The lowest BCUT2D eigenvalue weighted by atomic mass is 9.75. The van der Waals surface area contributed by atoms with E-state index >= 15 is 0 Å². The van der Waals surface area contributed by atoms with Gasteiger partial charge in [-0.25, -0.2) is 0 Å². The number of likely N-dealkylation sites (tertiary alicyclic amines) is 1. The van der Waals surface area contributed by atoms with Crippen LogP contribution in [0.15, 0.2) is 18.2 Å². The molecular weight excluding hydrogens is 236 g/mol. The van der Waals surface area contributed by atoms with Gasteiger partial charge in [-0.1, -0.05) is 19.3 Å². The molecule has 1 saturated heterocycles.